The molecule has 8 heteroatoms. The average Bonchev–Trinajstić information content (AvgIpc) is 2.54. The molecule has 1 atom stereocenters. The standard InChI is InChI=1S/C11H11BrN2O4.C5H12O/c12-6-11(16)10(13-7-15)5-8-1-3-9(4-2-8)14(17)18;1-5(2,3)6-4/h1-4,7,10H,5-6H2,(H,13,15);1-4H3/t10-;/m0./s1. The SMILES string of the molecule is COC(C)(C)C.O=CN[C@@H](Cc1ccc([N+](=O)[O-])cc1)C(=O)CBr. The molecule has 0 bridgehead atoms. The second-order valence-corrected chi connectivity index (χ2v) is 6.44. The highest BCUT2D eigenvalue weighted by Crippen LogP contribution is 2.13. The van der Waals surface area contributed by atoms with Crippen molar-refractivity contribution in [2.24, 2.45) is 0 Å². The Kier molecular flexibility index (Phi) is 10.1. The van der Waals surface area contributed by atoms with Crippen molar-refractivity contribution in [2.75, 3.05) is 12.4 Å². The summed E-state index contributed by atoms with van der Waals surface area (Å²) in [4.78, 5) is 31.9. The zero-order valence-corrected chi connectivity index (χ0v) is 15.8. The molecule has 1 amide bonds. The monoisotopic (exact) mass is 402 g/mol. The Hall–Kier alpha value is -1.80. The minimum absolute atomic E-state index is 0.00883. The van der Waals surface area contributed by atoms with Gasteiger partial charge in [-0.3, -0.25) is 19.7 Å². The number of benzene rings is 1. The van der Waals surface area contributed by atoms with Gasteiger partial charge in [0.1, 0.15) is 0 Å². The summed E-state index contributed by atoms with van der Waals surface area (Å²) in [6.07, 6.45) is 0.776. The highest BCUT2D eigenvalue weighted by Gasteiger charge is 2.17. The zero-order chi connectivity index (χ0) is 18.8. The van der Waals surface area contributed by atoms with Crippen molar-refractivity contribution >= 4 is 33.8 Å². The van der Waals surface area contributed by atoms with E-state index in [1.807, 2.05) is 20.8 Å². The molecule has 0 unspecified atom stereocenters. The van der Waals surface area contributed by atoms with Gasteiger partial charge >= 0.3 is 0 Å². The molecule has 0 aliphatic heterocycles. The smallest absolute Gasteiger partial charge is 0.269 e. The molecule has 1 aromatic rings. The summed E-state index contributed by atoms with van der Waals surface area (Å²) in [5.41, 5.74) is 0.778. The van der Waals surface area contributed by atoms with Crippen LogP contribution in [0.5, 0.6) is 0 Å². The van der Waals surface area contributed by atoms with Gasteiger partial charge in [-0.25, -0.2) is 0 Å². The maximum atomic E-state index is 11.5. The Balaban J connectivity index is 0.000000754. The number of non-ortho nitro benzene ring substituents is 1. The lowest BCUT2D eigenvalue weighted by molar-refractivity contribution is -0.384. The molecule has 1 N–H and O–H groups in total. The number of carbonyl (C=O) groups is 2. The molecular weight excluding hydrogens is 380 g/mol. The zero-order valence-electron chi connectivity index (χ0n) is 14.2. The van der Waals surface area contributed by atoms with Gasteiger partial charge in [-0.1, -0.05) is 28.1 Å². The van der Waals surface area contributed by atoms with Crippen molar-refractivity contribution in [2.45, 2.75) is 38.8 Å². The van der Waals surface area contributed by atoms with Crippen molar-refractivity contribution < 1.29 is 19.2 Å². The van der Waals surface area contributed by atoms with E-state index >= 15 is 0 Å². The van der Waals surface area contributed by atoms with Gasteiger partial charge in [0.25, 0.3) is 5.69 Å². The highest BCUT2D eigenvalue weighted by atomic mass is 79.9. The number of hydrogen-bond acceptors (Lipinski definition) is 5. The molecule has 0 saturated heterocycles. The molecule has 0 aliphatic carbocycles. The Morgan fingerprint density at radius 1 is 1.38 bits per heavy atom. The second kappa shape index (κ2) is 10.9. The summed E-state index contributed by atoms with van der Waals surface area (Å²) in [6.45, 7) is 6.06. The van der Waals surface area contributed by atoms with Crippen LogP contribution < -0.4 is 5.32 Å². The number of carbonyl (C=O) groups excluding carboxylic acids is 2. The van der Waals surface area contributed by atoms with Crippen LogP contribution in [-0.2, 0) is 20.7 Å². The van der Waals surface area contributed by atoms with Gasteiger partial charge in [-0.2, -0.15) is 0 Å². The predicted octanol–water partition coefficient (Wildman–Crippen LogP) is 2.65. The summed E-state index contributed by atoms with van der Waals surface area (Å²) in [6, 6.07) is 5.25. The fourth-order valence-electron chi connectivity index (χ4n) is 1.43. The Morgan fingerprint density at radius 3 is 2.21 bits per heavy atom. The highest BCUT2D eigenvalue weighted by molar-refractivity contribution is 9.09. The third-order valence-electron chi connectivity index (χ3n) is 2.99. The van der Waals surface area contributed by atoms with E-state index in [1.165, 1.54) is 12.1 Å². The molecule has 0 aromatic heterocycles. The van der Waals surface area contributed by atoms with Crippen LogP contribution in [0.4, 0.5) is 5.69 Å². The van der Waals surface area contributed by atoms with Crippen molar-refractivity contribution in [1.29, 1.82) is 0 Å². The van der Waals surface area contributed by atoms with Crippen LogP contribution >= 0.6 is 15.9 Å². The molecule has 0 aliphatic rings. The number of ether oxygens (including phenoxy) is 1. The molecule has 24 heavy (non-hydrogen) atoms. The van der Waals surface area contributed by atoms with E-state index in [4.69, 9.17) is 4.74 Å². The lowest BCUT2D eigenvalue weighted by Gasteiger charge is -2.14. The van der Waals surface area contributed by atoms with Gasteiger partial charge in [0, 0.05) is 19.2 Å². The van der Waals surface area contributed by atoms with E-state index in [0.29, 0.717) is 12.8 Å². The fraction of sp³-hybridized carbons (Fsp3) is 0.500. The maximum absolute atomic E-state index is 11.5. The maximum Gasteiger partial charge on any atom is 0.269 e. The van der Waals surface area contributed by atoms with E-state index in [2.05, 4.69) is 21.2 Å². The number of alkyl halides is 1. The third kappa shape index (κ3) is 9.36. The lowest BCUT2D eigenvalue weighted by atomic mass is 10.0. The number of halogens is 1. The van der Waals surface area contributed by atoms with Gasteiger partial charge in [-0.15, -0.1) is 0 Å². The molecule has 0 spiro atoms. The third-order valence-corrected chi connectivity index (χ3v) is 3.54. The Bertz CT molecular complexity index is 540. The van der Waals surface area contributed by atoms with Crippen LogP contribution in [0.2, 0.25) is 0 Å². The summed E-state index contributed by atoms with van der Waals surface area (Å²) < 4.78 is 4.94. The van der Waals surface area contributed by atoms with E-state index in [9.17, 15) is 19.7 Å². The number of nitrogens with one attached hydrogen (secondary N) is 1. The number of rotatable bonds is 7. The van der Waals surface area contributed by atoms with Crippen molar-refractivity contribution in [3.63, 3.8) is 0 Å². The first-order valence-corrected chi connectivity index (χ1v) is 8.33. The minimum atomic E-state index is -0.622. The summed E-state index contributed by atoms with van der Waals surface area (Å²) in [5.74, 6) is -0.152. The molecule has 134 valence electrons. The van der Waals surface area contributed by atoms with Crippen LogP contribution in [0.25, 0.3) is 0 Å². The van der Waals surface area contributed by atoms with Gasteiger partial charge in [-0.05, 0) is 32.8 Å². The summed E-state index contributed by atoms with van der Waals surface area (Å²) in [5, 5.41) is 13.0. The first-order valence-electron chi connectivity index (χ1n) is 7.21. The van der Waals surface area contributed by atoms with Crippen LogP contribution in [0.3, 0.4) is 0 Å². The Morgan fingerprint density at radius 2 is 1.88 bits per heavy atom. The fourth-order valence-corrected chi connectivity index (χ4v) is 1.82. The number of nitrogens with zero attached hydrogens (tertiary/aromatic N) is 1. The number of Topliss-reactive ketones (excluding diaryl/α,β-unsaturated/α-hetero) is 1. The molecule has 0 heterocycles. The second-order valence-electron chi connectivity index (χ2n) is 5.88. The first kappa shape index (κ1) is 22.2. The van der Waals surface area contributed by atoms with Gasteiger partial charge < -0.3 is 10.1 Å². The van der Waals surface area contributed by atoms with E-state index in [0.717, 1.165) is 5.56 Å². The molecule has 0 radical (unpaired) electrons. The van der Waals surface area contributed by atoms with Crippen molar-refractivity contribution in [3.8, 4) is 0 Å². The molecule has 0 fully saturated rings. The number of ketones is 1. The molecule has 0 saturated carbocycles. The number of nitro benzene ring substituents is 1. The summed E-state index contributed by atoms with van der Waals surface area (Å²) >= 11 is 3.03. The molecule has 1 rings (SSSR count). The minimum Gasteiger partial charge on any atom is -0.379 e. The normalized spacial score (nSPS) is 11.7. The van der Waals surface area contributed by atoms with E-state index in [1.54, 1.807) is 19.2 Å². The summed E-state index contributed by atoms with van der Waals surface area (Å²) in [7, 11) is 1.71. The lowest BCUT2D eigenvalue weighted by Crippen LogP contribution is -2.38. The van der Waals surface area contributed by atoms with Crippen LogP contribution in [-0.4, -0.2) is 41.2 Å². The van der Waals surface area contributed by atoms with Crippen LogP contribution in [0, 0.1) is 10.1 Å². The number of amides is 1. The Labute approximate surface area is 150 Å². The molecular formula is C16H23BrN2O5. The van der Waals surface area contributed by atoms with E-state index in [-0.39, 0.29) is 22.4 Å². The van der Waals surface area contributed by atoms with E-state index < -0.39 is 11.0 Å². The number of nitro groups is 1. The quantitative estimate of drug-likeness (QED) is 0.327. The van der Waals surface area contributed by atoms with Crippen molar-refractivity contribution in [3.05, 3.63) is 39.9 Å². The van der Waals surface area contributed by atoms with Crippen molar-refractivity contribution in [1.82, 2.24) is 5.32 Å². The molecule has 1 aromatic carbocycles. The average molecular weight is 403 g/mol. The first-order chi connectivity index (χ1) is 11.1. The van der Waals surface area contributed by atoms with Gasteiger partial charge in [0.05, 0.1) is 21.9 Å². The topological polar surface area (TPSA) is 98.5 Å². The predicted molar refractivity (Wildman–Crippen MR) is 95.4 cm³/mol. The van der Waals surface area contributed by atoms with Crippen LogP contribution in [0.15, 0.2) is 24.3 Å². The number of methoxy groups -OCH3 is 1. The largest absolute Gasteiger partial charge is 0.379 e. The number of hydrogen-bond donors (Lipinski definition) is 1. The van der Waals surface area contributed by atoms with Gasteiger partial charge in [0.15, 0.2) is 5.78 Å². The molecule has 7 nitrogen and oxygen atoms in total. The van der Waals surface area contributed by atoms with Crippen LogP contribution in [0.1, 0.15) is 26.3 Å². The van der Waals surface area contributed by atoms with Gasteiger partial charge in [0.2, 0.25) is 6.41 Å².